The van der Waals surface area contributed by atoms with E-state index in [1.807, 2.05) is 0 Å². The third kappa shape index (κ3) is 5.02. The summed E-state index contributed by atoms with van der Waals surface area (Å²) in [6, 6.07) is 20.7. The van der Waals surface area contributed by atoms with E-state index >= 15 is 4.39 Å². The number of halogens is 4. The van der Waals surface area contributed by atoms with Crippen molar-refractivity contribution < 1.29 is 27.8 Å². The van der Waals surface area contributed by atoms with Crippen LogP contribution in [0, 0.1) is 11.6 Å². The topological polar surface area (TPSA) is 51.2 Å². The average Bonchev–Trinajstić information content (AvgIpc) is 3.36. The standard InChI is InChI=1S/C31H24Cl2F2N2O4/c1-39-23-9-2-19(3-10-23)31(25-11-4-20(32)16-26(25)33)40-28-17-24(27(35)18-29(28)41-31)30(38)37-14-12-36(13-15-37)22-7-5-21(34)6-8-22/h2-11,16-18H,12-15H2,1H3. The average molecular weight is 597 g/mol. The number of carbonyl (C=O) groups excluding carboxylic acids is 1. The third-order valence-corrected chi connectivity index (χ3v) is 7.83. The molecule has 0 radical (unpaired) electrons. The van der Waals surface area contributed by atoms with E-state index in [0.29, 0.717) is 48.1 Å². The lowest BCUT2D eigenvalue weighted by Crippen LogP contribution is -2.49. The van der Waals surface area contributed by atoms with E-state index in [1.165, 1.54) is 18.2 Å². The number of anilines is 1. The van der Waals surface area contributed by atoms with Crippen molar-refractivity contribution in [2.24, 2.45) is 0 Å². The minimum atomic E-state index is -1.56. The predicted octanol–water partition coefficient (Wildman–Crippen LogP) is 6.92. The van der Waals surface area contributed by atoms with Crippen LogP contribution in [0.3, 0.4) is 0 Å². The molecule has 0 bridgehead atoms. The molecule has 1 unspecified atom stereocenters. The highest BCUT2D eigenvalue weighted by Gasteiger charge is 2.47. The van der Waals surface area contributed by atoms with Crippen LogP contribution in [0.2, 0.25) is 10.0 Å². The van der Waals surface area contributed by atoms with E-state index in [0.717, 1.165) is 11.8 Å². The van der Waals surface area contributed by atoms with Crippen LogP contribution in [-0.2, 0) is 5.79 Å². The molecule has 2 aliphatic heterocycles. The summed E-state index contributed by atoms with van der Waals surface area (Å²) in [5, 5.41) is 0.717. The zero-order valence-corrected chi connectivity index (χ0v) is 23.4. The summed E-state index contributed by atoms with van der Waals surface area (Å²) >= 11 is 12.8. The number of hydrogen-bond acceptors (Lipinski definition) is 5. The maximum absolute atomic E-state index is 15.4. The molecule has 1 fully saturated rings. The van der Waals surface area contributed by atoms with Crippen molar-refractivity contribution in [2.45, 2.75) is 5.79 Å². The minimum absolute atomic E-state index is 0.127. The molecule has 0 aliphatic carbocycles. The van der Waals surface area contributed by atoms with Crippen molar-refractivity contribution in [3.8, 4) is 17.2 Å². The fourth-order valence-corrected chi connectivity index (χ4v) is 5.66. The van der Waals surface area contributed by atoms with Crippen LogP contribution < -0.4 is 19.1 Å². The van der Waals surface area contributed by atoms with Crippen molar-refractivity contribution in [3.63, 3.8) is 0 Å². The predicted molar refractivity (Wildman–Crippen MR) is 152 cm³/mol. The molecule has 2 heterocycles. The maximum Gasteiger partial charge on any atom is 0.307 e. The molecule has 2 aliphatic rings. The Morgan fingerprint density at radius 1 is 0.854 bits per heavy atom. The molecule has 1 saturated heterocycles. The molecule has 210 valence electrons. The summed E-state index contributed by atoms with van der Waals surface area (Å²) in [6.45, 7) is 1.80. The van der Waals surface area contributed by atoms with Crippen LogP contribution in [0.1, 0.15) is 21.5 Å². The van der Waals surface area contributed by atoms with Gasteiger partial charge in [-0.3, -0.25) is 4.79 Å². The van der Waals surface area contributed by atoms with Gasteiger partial charge in [0, 0.05) is 48.5 Å². The molecule has 10 heteroatoms. The number of amides is 1. The van der Waals surface area contributed by atoms with E-state index in [1.54, 1.807) is 66.6 Å². The Balaban J connectivity index is 1.29. The largest absolute Gasteiger partial charge is 0.497 e. The van der Waals surface area contributed by atoms with Crippen LogP contribution in [0.5, 0.6) is 17.2 Å². The van der Waals surface area contributed by atoms with E-state index in [2.05, 4.69) is 4.90 Å². The lowest BCUT2D eigenvalue weighted by molar-refractivity contribution is -0.0458. The Morgan fingerprint density at radius 2 is 1.51 bits per heavy atom. The molecule has 0 aromatic heterocycles. The molecule has 0 saturated carbocycles. The Hall–Kier alpha value is -4.01. The fourth-order valence-electron chi connectivity index (χ4n) is 5.13. The molecule has 0 N–H and O–H groups in total. The zero-order valence-electron chi connectivity index (χ0n) is 21.9. The van der Waals surface area contributed by atoms with Gasteiger partial charge in [-0.1, -0.05) is 23.2 Å². The van der Waals surface area contributed by atoms with Gasteiger partial charge in [-0.25, -0.2) is 8.78 Å². The van der Waals surface area contributed by atoms with Crippen LogP contribution in [0.25, 0.3) is 0 Å². The molecule has 6 nitrogen and oxygen atoms in total. The van der Waals surface area contributed by atoms with Gasteiger partial charge >= 0.3 is 5.79 Å². The SMILES string of the molecule is COc1ccc(C2(c3ccc(Cl)cc3Cl)Oc3cc(F)c(C(=O)N4CCN(c5ccc(F)cc5)CC4)cc3O2)cc1. The lowest BCUT2D eigenvalue weighted by atomic mass is 9.97. The van der Waals surface area contributed by atoms with Crippen molar-refractivity contribution in [3.05, 3.63) is 117 Å². The first-order chi connectivity index (χ1) is 19.8. The van der Waals surface area contributed by atoms with Crippen LogP contribution >= 0.6 is 23.2 Å². The first-order valence-electron chi connectivity index (χ1n) is 12.9. The molecule has 1 amide bonds. The molecule has 6 rings (SSSR count). The van der Waals surface area contributed by atoms with Gasteiger partial charge in [0.1, 0.15) is 17.4 Å². The summed E-state index contributed by atoms with van der Waals surface area (Å²) in [5.41, 5.74) is 1.76. The highest BCUT2D eigenvalue weighted by atomic mass is 35.5. The summed E-state index contributed by atoms with van der Waals surface area (Å²) in [5.74, 6) is -2.12. The lowest BCUT2D eigenvalue weighted by Gasteiger charge is -2.36. The number of ether oxygens (including phenoxy) is 3. The second kappa shape index (κ2) is 10.8. The smallest absolute Gasteiger partial charge is 0.307 e. The van der Waals surface area contributed by atoms with Gasteiger partial charge in [-0.15, -0.1) is 0 Å². The molecular weight excluding hydrogens is 573 g/mol. The number of nitrogens with zero attached hydrogens (tertiary/aromatic N) is 2. The second-order valence-electron chi connectivity index (χ2n) is 9.71. The van der Waals surface area contributed by atoms with E-state index in [-0.39, 0.29) is 27.9 Å². The summed E-state index contributed by atoms with van der Waals surface area (Å²) in [7, 11) is 1.56. The molecule has 1 atom stereocenters. The minimum Gasteiger partial charge on any atom is -0.497 e. The van der Waals surface area contributed by atoms with Crippen molar-refractivity contribution in [2.75, 3.05) is 38.2 Å². The number of methoxy groups -OCH3 is 1. The highest BCUT2D eigenvalue weighted by molar-refractivity contribution is 6.35. The van der Waals surface area contributed by atoms with Gasteiger partial charge < -0.3 is 24.0 Å². The molecule has 4 aromatic carbocycles. The number of benzene rings is 4. The van der Waals surface area contributed by atoms with Crippen molar-refractivity contribution in [1.29, 1.82) is 0 Å². The first kappa shape index (κ1) is 27.2. The Bertz CT molecular complexity index is 1610. The Labute approximate surface area is 245 Å². The van der Waals surface area contributed by atoms with Gasteiger partial charge in [0.05, 0.1) is 23.3 Å². The highest BCUT2D eigenvalue weighted by Crippen LogP contribution is 2.50. The molecule has 41 heavy (non-hydrogen) atoms. The Kier molecular flexibility index (Phi) is 7.13. The monoisotopic (exact) mass is 596 g/mol. The number of fused-ring (bicyclic) bond motifs is 1. The zero-order chi connectivity index (χ0) is 28.7. The molecule has 0 spiro atoms. The Morgan fingerprint density at radius 3 is 2.15 bits per heavy atom. The van der Waals surface area contributed by atoms with Gasteiger partial charge in [0.25, 0.3) is 5.91 Å². The van der Waals surface area contributed by atoms with Gasteiger partial charge in [0.15, 0.2) is 11.5 Å². The van der Waals surface area contributed by atoms with Crippen LogP contribution in [0.4, 0.5) is 14.5 Å². The van der Waals surface area contributed by atoms with Crippen molar-refractivity contribution in [1.82, 2.24) is 4.90 Å². The normalized spacial score (nSPS) is 18.0. The van der Waals surface area contributed by atoms with Crippen molar-refractivity contribution >= 4 is 34.8 Å². The molecule has 4 aromatic rings. The third-order valence-electron chi connectivity index (χ3n) is 7.29. The van der Waals surface area contributed by atoms with Gasteiger partial charge in [0.2, 0.25) is 0 Å². The number of hydrogen-bond donors (Lipinski definition) is 0. The maximum atomic E-state index is 15.4. The van der Waals surface area contributed by atoms with Crippen LogP contribution in [-0.4, -0.2) is 44.1 Å². The second-order valence-corrected chi connectivity index (χ2v) is 10.6. The molecular formula is C31H24Cl2F2N2O4. The van der Waals surface area contributed by atoms with Gasteiger partial charge in [-0.2, -0.15) is 0 Å². The number of piperazine rings is 1. The fraction of sp³-hybridized carbons (Fsp3) is 0.194. The number of rotatable bonds is 5. The van der Waals surface area contributed by atoms with E-state index in [4.69, 9.17) is 37.4 Å². The summed E-state index contributed by atoms with van der Waals surface area (Å²) in [6.07, 6.45) is 0. The van der Waals surface area contributed by atoms with E-state index in [9.17, 15) is 9.18 Å². The van der Waals surface area contributed by atoms with Gasteiger partial charge in [-0.05, 0) is 72.8 Å². The number of carbonyl (C=O) groups is 1. The summed E-state index contributed by atoms with van der Waals surface area (Å²) in [4.78, 5) is 17.1. The summed E-state index contributed by atoms with van der Waals surface area (Å²) < 4.78 is 46.7. The quantitative estimate of drug-likeness (QED) is 0.250. The first-order valence-corrected chi connectivity index (χ1v) is 13.6. The van der Waals surface area contributed by atoms with Crippen LogP contribution in [0.15, 0.2) is 78.9 Å². The van der Waals surface area contributed by atoms with E-state index < -0.39 is 17.5 Å².